The smallest absolute Gasteiger partial charge is 0.217 e. The molecule has 5 heteroatoms. The standard InChI is InChI=1S/C11H11BrClNO2/c1-6(15)14-9-4-5-16-11-7(12)2-3-8(13)10(9)11/h2-3,9H,4-5H2,1H3,(H,14,15). The van der Waals surface area contributed by atoms with Crippen LogP contribution in [-0.4, -0.2) is 12.5 Å². The molecule has 1 aliphatic heterocycles. The van der Waals surface area contributed by atoms with Crippen molar-refractivity contribution in [3.8, 4) is 5.75 Å². The third-order valence-corrected chi connectivity index (χ3v) is 3.43. The van der Waals surface area contributed by atoms with Crippen LogP contribution in [0.1, 0.15) is 24.9 Å². The zero-order valence-corrected chi connectivity index (χ0v) is 11.1. The summed E-state index contributed by atoms with van der Waals surface area (Å²) in [6.07, 6.45) is 0.739. The Balaban J connectivity index is 2.44. The molecule has 16 heavy (non-hydrogen) atoms. The molecular formula is C11H11BrClNO2. The molecule has 86 valence electrons. The second-order valence-electron chi connectivity index (χ2n) is 3.66. The zero-order chi connectivity index (χ0) is 11.7. The maximum Gasteiger partial charge on any atom is 0.217 e. The van der Waals surface area contributed by atoms with Crippen LogP contribution in [0.2, 0.25) is 5.02 Å². The summed E-state index contributed by atoms with van der Waals surface area (Å²) in [5.41, 5.74) is 0.859. The van der Waals surface area contributed by atoms with Crippen molar-refractivity contribution in [2.45, 2.75) is 19.4 Å². The number of carbonyl (C=O) groups excluding carboxylic acids is 1. The lowest BCUT2D eigenvalue weighted by Gasteiger charge is -2.28. The van der Waals surface area contributed by atoms with Gasteiger partial charge < -0.3 is 10.1 Å². The Hall–Kier alpha value is -0.740. The molecule has 1 atom stereocenters. The molecule has 0 bridgehead atoms. The molecule has 0 saturated heterocycles. The first kappa shape index (κ1) is 11.7. The predicted octanol–water partition coefficient (Wildman–Crippen LogP) is 3.06. The minimum atomic E-state index is -0.0637. The summed E-state index contributed by atoms with van der Waals surface area (Å²) in [7, 11) is 0. The van der Waals surface area contributed by atoms with E-state index in [1.807, 2.05) is 6.07 Å². The average Bonchev–Trinajstić information content (AvgIpc) is 2.23. The van der Waals surface area contributed by atoms with E-state index in [2.05, 4.69) is 21.2 Å². The van der Waals surface area contributed by atoms with Gasteiger partial charge in [0.1, 0.15) is 5.75 Å². The van der Waals surface area contributed by atoms with Gasteiger partial charge in [-0.1, -0.05) is 11.6 Å². The number of halogens is 2. The van der Waals surface area contributed by atoms with Crippen molar-refractivity contribution in [1.29, 1.82) is 0 Å². The fourth-order valence-electron chi connectivity index (χ4n) is 1.83. The summed E-state index contributed by atoms with van der Waals surface area (Å²) in [6.45, 7) is 2.08. The van der Waals surface area contributed by atoms with Gasteiger partial charge in [-0.3, -0.25) is 4.79 Å². The van der Waals surface area contributed by atoms with Crippen molar-refractivity contribution >= 4 is 33.4 Å². The first-order valence-electron chi connectivity index (χ1n) is 4.97. The monoisotopic (exact) mass is 303 g/mol. The molecule has 1 aromatic rings. The molecule has 0 radical (unpaired) electrons. The number of nitrogens with one attached hydrogen (secondary N) is 1. The quantitative estimate of drug-likeness (QED) is 0.866. The summed E-state index contributed by atoms with van der Waals surface area (Å²) < 4.78 is 6.43. The highest BCUT2D eigenvalue weighted by Gasteiger charge is 2.26. The summed E-state index contributed by atoms with van der Waals surface area (Å²) >= 11 is 9.55. The van der Waals surface area contributed by atoms with Gasteiger partial charge in [0.05, 0.1) is 17.1 Å². The van der Waals surface area contributed by atoms with Crippen molar-refractivity contribution in [2.24, 2.45) is 0 Å². The van der Waals surface area contributed by atoms with Gasteiger partial charge in [-0.2, -0.15) is 0 Å². The largest absolute Gasteiger partial charge is 0.492 e. The Morgan fingerprint density at radius 2 is 2.38 bits per heavy atom. The van der Waals surface area contributed by atoms with Gasteiger partial charge in [-0.05, 0) is 28.1 Å². The molecule has 0 saturated carbocycles. The van der Waals surface area contributed by atoms with Crippen molar-refractivity contribution in [3.63, 3.8) is 0 Å². The molecule has 1 unspecified atom stereocenters. The van der Waals surface area contributed by atoms with Crippen LogP contribution >= 0.6 is 27.5 Å². The van der Waals surface area contributed by atoms with Crippen molar-refractivity contribution in [1.82, 2.24) is 5.32 Å². The molecule has 1 aliphatic rings. The lowest BCUT2D eigenvalue weighted by Crippen LogP contribution is -2.30. The van der Waals surface area contributed by atoms with Crippen LogP contribution < -0.4 is 10.1 Å². The summed E-state index contributed by atoms with van der Waals surface area (Å²) in [6, 6.07) is 3.58. The number of rotatable bonds is 1. The van der Waals surface area contributed by atoms with E-state index in [0.29, 0.717) is 11.6 Å². The van der Waals surface area contributed by atoms with Crippen LogP contribution in [0, 0.1) is 0 Å². The van der Waals surface area contributed by atoms with Gasteiger partial charge in [-0.25, -0.2) is 0 Å². The first-order chi connectivity index (χ1) is 7.59. The molecule has 0 aliphatic carbocycles. The zero-order valence-electron chi connectivity index (χ0n) is 8.72. The minimum Gasteiger partial charge on any atom is -0.492 e. The molecule has 1 heterocycles. The fourth-order valence-corrected chi connectivity index (χ4v) is 2.57. The summed E-state index contributed by atoms with van der Waals surface area (Å²) in [4.78, 5) is 11.1. The van der Waals surface area contributed by atoms with Gasteiger partial charge in [0.25, 0.3) is 0 Å². The number of carbonyl (C=O) groups is 1. The molecule has 0 aromatic heterocycles. The highest BCUT2D eigenvalue weighted by Crippen LogP contribution is 2.41. The van der Waals surface area contributed by atoms with Gasteiger partial charge in [0.2, 0.25) is 5.91 Å². The third-order valence-electron chi connectivity index (χ3n) is 2.47. The van der Waals surface area contributed by atoms with Gasteiger partial charge in [0, 0.05) is 23.9 Å². The Morgan fingerprint density at radius 3 is 3.06 bits per heavy atom. The second kappa shape index (κ2) is 4.63. The van der Waals surface area contributed by atoms with Gasteiger partial charge in [0.15, 0.2) is 0 Å². The van der Waals surface area contributed by atoms with Crippen LogP contribution in [0.25, 0.3) is 0 Å². The Bertz CT molecular complexity index is 436. The van der Waals surface area contributed by atoms with Crippen LogP contribution in [0.5, 0.6) is 5.75 Å². The summed E-state index contributed by atoms with van der Waals surface area (Å²) in [5.74, 6) is 0.673. The number of hydrogen-bond donors (Lipinski definition) is 1. The number of ether oxygens (including phenoxy) is 1. The van der Waals surface area contributed by atoms with E-state index < -0.39 is 0 Å². The molecule has 1 amide bonds. The molecule has 1 aromatic carbocycles. The number of benzene rings is 1. The Labute approximate surface area is 107 Å². The lowest BCUT2D eigenvalue weighted by atomic mass is 10.0. The number of amides is 1. The maximum atomic E-state index is 11.1. The third kappa shape index (κ3) is 2.18. The highest BCUT2D eigenvalue weighted by molar-refractivity contribution is 9.10. The van der Waals surface area contributed by atoms with Crippen LogP contribution in [0.15, 0.2) is 16.6 Å². The normalized spacial score (nSPS) is 18.6. The van der Waals surface area contributed by atoms with E-state index in [4.69, 9.17) is 16.3 Å². The van der Waals surface area contributed by atoms with Crippen LogP contribution in [-0.2, 0) is 4.79 Å². The molecule has 3 nitrogen and oxygen atoms in total. The fraction of sp³-hybridized carbons (Fsp3) is 0.364. The Kier molecular flexibility index (Phi) is 3.40. The molecular weight excluding hydrogens is 293 g/mol. The van der Waals surface area contributed by atoms with Gasteiger partial charge >= 0.3 is 0 Å². The Morgan fingerprint density at radius 1 is 1.62 bits per heavy atom. The second-order valence-corrected chi connectivity index (χ2v) is 4.92. The predicted molar refractivity (Wildman–Crippen MR) is 65.8 cm³/mol. The van der Waals surface area contributed by atoms with Crippen molar-refractivity contribution in [2.75, 3.05) is 6.61 Å². The average molecular weight is 305 g/mol. The lowest BCUT2D eigenvalue weighted by molar-refractivity contribution is -0.119. The van der Waals surface area contributed by atoms with E-state index in [0.717, 1.165) is 22.2 Å². The summed E-state index contributed by atoms with van der Waals surface area (Å²) in [5, 5.41) is 3.50. The van der Waals surface area contributed by atoms with Crippen LogP contribution in [0.4, 0.5) is 0 Å². The molecule has 0 spiro atoms. The number of fused-ring (bicyclic) bond motifs is 1. The van der Waals surface area contributed by atoms with E-state index in [1.54, 1.807) is 6.07 Å². The molecule has 0 fully saturated rings. The van der Waals surface area contributed by atoms with Gasteiger partial charge in [-0.15, -0.1) is 0 Å². The van der Waals surface area contributed by atoms with Crippen molar-refractivity contribution < 1.29 is 9.53 Å². The molecule has 2 rings (SSSR count). The maximum absolute atomic E-state index is 11.1. The van der Waals surface area contributed by atoms with Crippen LogP contribution in [0.3, 0.4) is 0 Å². The SMILES string of the molecule is CC(=O)NC1CCOc2c(Br)ccc(Cl)c21. The van der Waals surface area contributed by atoms with E-state index in [1.165, 1.54) is 6.92 Å². The number of hydrogen-bond acceptors (Lipinski definition) is 2. The highest BCUT2D eigenvalue weighted by atomic mass is 79.9. The minimum absolute atomic E-state index is 0.0612. The topological polar surface area (TPSA) is 38.3 Å². The van der Waals surface area contributed by atoms with Crippen molar-refractivity contribution in [3.05, 3.63) is 27.2 Å². The van der Waals surface area contributed by atoms with E-state index in [-0.39, 0.29) is 11.9 Å². The molecule has 1 N–H and O–H groups in total. The van der Waals surface area contributed by atoms with E-state index >= 15 is 0 Å². The van der Waals surface area contributed by atoms with E-state index in [9.17, 15) is 4.79 Å². The first-order valence-corrected chi connectivity index (χ1v) is 6.14.